The highest BCUT2D eigenvalue weighted by atomic mass is 16.5. The van der Waals surface area contributed by atoms with Crippen molar-refractivity contribution in [2.75, 3.05) is 26.8 Å². The van der Waals surface area contributed by atoms with Crippen LogP contribution < -0.4 is 9.47 Å². The minimum atomic E-state index is -0.380. The summed E-state index contributed by atoms with van der Waals surface area (Å²) in [5.41, 5.74) is 2.81. The highest BCUT2D eigenvalue weighted by Crippen LogP contribution is 2.36. The number of ether oxygens (including phenoxy) is 3. The smallest absolute Gasteiger partial charge is 0.227 e. The molecular weight excluding hydrogens is 454 g/mol. The van der Waals surface area contributed by atoms with E-state index < -0.39 is 0 Å². The molecule has 0 unspecified atom stereocenters. The van der Waals surface area contributed by atoms with Gasteiger partial charge >= 0.3 is 0 Å². The molecule has 0 radical (unpaired) electrons. The van der Waals surface area contributed by atoms with E-state index in [4.69, 9.17) is 19.3 Å². The summed E-state index contributed by atoms with van der Waals surface area (Å²) in [6, 6.07) is 17.7. The van der Waals surface area contributed by atoms with Gasteiger partial charge in [0.15, 0.2) is 11.5 Å². The lowest BCUT2D eigenvalue weighted by atomic mass is 10.1. The molecule has 36 heavy (non-hydrogen) atoms. The summed E-state index contributed by atoms with van der Waals surface area (Å²) < 4.78 is 19.9. The molecule has 2 atom stereocenters. The normalized spacial score (nSPS) is 16.4. The van der Waals surface area contributed by atoms with E-state index in [0.717, 1.165) is 62.2 Å². The highest BCUT2D eigenvalue weighted by Gasteiger charge is 2.26. The molecule has 7 nitrogen and oxygen atoms in total. The maximum absolute atomic E-state index is 10.8. The zero-order valence-corrected chi connectivity index (χ0v) is 21.7. The first kappa shape index (κ1) is 26.2. The Bertz CT molecular complexity index is 1080. The van der Waals surface area contributed by atoms with Gasteiger partial charge in [0.2, 0.25) is 5.88 Å². The van der Waals surface area contributed by atoms with Crippen LogP contribution in [-0.4, -0.2) is 58.8 Å². The van der Waals surface area contributed by atoms with Gasteiger partial charge in [0.1, 0.15) is 0 Å². The molecule has 1 aliphatic rings. The molecule has 4 rings (SSSR count). The first-order chi connectivity index (χ1) is 17.6. The number of para-hydroxylation sites is 3. The van der Waals surface area contributed by atoms with Crippen molar-refractivity contribution in [1.29, 1.82) is 0 Å². The van der Waals surface area contributed by atoms with Gasteiger partial charge in [0.05, 0.1) is 36.3 Å². The number of aliphatic hydroxyl groups is 1. The average molecular weight is 494 g/mol. The monoisotopic (exact) mass is 493 g/mol. The van der Waals surface area contributed by atoms with Gasteiger partial charge in [-0.15, -0.1) is 0 Å². The van der Waals surface area contributed by atoms with Gasteiger partial charge in [-0.2, -0.15) is 5.10 Å². The number of methoxy groups -OCH3 is 1. The fraction of sp³-hybridized carbons (Fsp3) is 0.483. The van der Waals surface area contributed by atoms with Gasteiger partial charge in [-0.05, 0) is 50.5 Å². The van der Waals surface area contributed by atoms with E-state index in [-0.39, 0.29) is 12.2 Å². The third-order valence-corrected chi connectivity index (χ3v) is 6.64. The van der Waals surface area contributed by atoms with Crippen LogP contribution in [0.3, 0.4) is 0 Å². The lowest BCUT2D eigenvalue weighted by Gasteiger charge is -2.27. The molecule has 1 saturated heterocycles. The highest BCUT2D eigenvalue weighted by molar-refractivity contribution is 5.47. The molecule has 0 spiro atoms. The quantitative estimate of drug-likeness (QED) is 0.338. The van der Waals surface area contributed by atoms with Crippen LogP contribution >= 0.6 is 0 Å². The van der Waals surface area contributed by atoms with Gasteiger partial charge in [-0.25, -0.2) is 4.68 Å². The Balaban J connectivity index is 1.68. The van der Waals surface area contributed by atoms with Crippen molar-refractivity contribution in [2.45, 2.75) is 64.7 Å². The summed E-state index contributed by atoms with van der Waals surface area (Å²) in [7, 11) is 1.64. The van der Waals surface area contributed by atoms with Crippen LogP contribution in [0.25, 0.3) is 5.69 Å². The lowest BCUT2D eigenvalue weighted by molar-refractivity contribution is 0.0434. The summed E-state index contributed by atoms with van der Waals surface area (Å²) >= 11 is 0. The van der Waals surface area contributed by atoms with Gasteiger partial charge in [-0.3, -0.25) is 4.90 Å². The Morgan fingerprint density at radius 1 is 1.14 bits per heavy atom. The summed E-state index contributed by atoms with van der Waals surface area (Å²) in [6.07, 6.45) is 4.83. The van der Waals surface area contributed by atoms with Crippen LogP contribution in [0.15, 0.2) is 54.6 Å². The fourth-order valence-corrected chi connectivity index (χ4v) is 4.71. The number of aryl methyl sites for hydroxylation is 1. The first-order valence-corrected chi connectivity index (χ1v) is 13.1. The molecule has 1 aliphatic heterocycles. The molecule has 0 bridgehead atoms. The van der Waals surface area contributed by atoms with Crippen LogP contribution in [0, 0.1) is 6.92 Å². The second-order valence-electron chi connectivity index (χ2n) is 9.49. The number of unbranched alkanes of at least 4 members (excludes halogenated alkanes) is 1. The van der Waals surface area contributed by atoms with E-state index in [1.165, 1.54) is 0 Å². The molecule has 7 heteroatoms. The average Bonchev–Trinajstić information content (AvgIpc) is 3.52. The Labute approximate surface area is 214 Å². The molecule has 194 valence electrons. The largest absolute Gasteiger partial charge is 0.493 e. The molecule has 0 saturated carbocycles. The van der Waals surface area contributed by atoms with E-state index in [0.29, 0.717) is 30.5 Å². The van der Waals surface area contributed by atoms with Crippen LogP contribution in [0.4, 0.5) is 0 Å². The van der Waals surface area contributed by atoms with Crippen molar-refractivity contribution >= 4 is 0 Å². The van der Waals surface area contributed by atoms with Crippen LogP contribution in [0.2, 0.25) is 0 Å². The summed E-state index contributed by atoms with van der Waals surface area (Å²) in [6.45, 7) is 6.94. The van der Waals surface area contributed by atoms with Gasteiger partial charge < -0.3 is 19.3 Å². The standard InChI is InChI=1S/C29H39N3O4/c1-4-5-14-24(33)19-31(20-25-15-11-18-35-25)21-26-22(2)30-32(23-12-7-6-8-13-23)29(26)36-28-17-10-9-16-27(28)34-3/h6-10,12-13,16-17,24-25,33H,4-5,11,14-15,18-21H2,1-3H3/t24-,25+/m0/s1. The number of hydrogen-bond donors (Lipinski definition) is 1. The number of hydrogen-bond acceptors (Lipinski definition) is 6. The molecule has 0 aliphatic carbocycles. The second-order valence-corrected chi connectivity index (χ2v) is 9.49. The van der Waals surface area contributed by atoms with Crippen molar-refractivity contribution in [3.05, 3.63) is 65.9 Å². The maximum Gasteiger partial charge on any atom is 0.227 e. The fourth-order valence-electron chi connectivity index (χ4n) is 4.71. The number of aromatic nitrogens is 2. The lowest BCUT2D eigenvalue weighted by Crippen LogP contribution is -2.37. The number of rotatable bonds is 13. The van der Waals surface area contributed by atoms with Crippen molar-refractivity contribution in [3.63, 3.8) is 0 Å². The van der Waals surface area contributed by atoms with Crippen LogP contribution in [0.5, 0.6) is 17.4 Å². The van der Waals surface area contributed by atoms with Crippen LogP contribution in [-0.2, 0) is 11.3 Å². The molecule has 1 fully saturated rings. The predicted molar refractivity (Wildman–Crippen MR) is 141 cm³/mol. The minimum Gasteiger partial charge on any atom is -0.493 e. The molecule has 2 heterocycles. The summed E-state index contributed by atoms with van der Waals surface area (Å²) in [5.74, 6) is 1.95. The van der Waals surface area contributed by atoms with Gasteiger partial charge in [0, 0.05) is 26.2 Å². The van der Waals surface area contributed by atoms with Crippen molar-refractivity contribution < 1.29 is 19.3 Å². The third kappa shape index (κ3) is 6.66. The molecule has 0 amide bonds. The van der Waals surface area contributed by atoms with E-state index in [2.05, 4.69) is 11.8 Å². The third-order valence-electron chi connectivity index (χ3n) is 6.64. The Morgan fingerprint density at radius 2 is 1.89 bits per heavy atom. The van der Waals surface area contributed by atoms with E-state index in [1.54, 1.807) is 7.11 Å². The van der Waals surface area contributed by atoms with E-state index in [9.17, 15) is 5.11 Å². The van der Waals surface area contributed by atoms with Crippen molar-refractivity contribution in [3.8, 4) is 23.1 Å². The van der Waals surface area contributed by atoms with Crippen molar-refractivity contribution in [1.82, 2.24) is 14.7 Å². The first-order valence-electron chi connectivity index (χ1n) is 13.1. The Morgan fingerprint density at radius 3 is 2.58 bits per heavy atom. The molecular formula is C29H39N3O4. The van der Waals surface area contributed by atoms with Gasteiger partial charge in [-0.1, -0.05) is 50.1 Å². The summed E-state index contributed by atoms with van der Waals surface area (Å²) in [5, 5.41) is 15.7. The Hall–Kier alpha value is -2.87. The molecule has 1 N–H and O–H groups in total. The molecule has 1 aromatic heterocycles. The zero-order valence-electron chi connectivity index (χ0n) is 21.7. The summed E-state index contributed by atoms with van der Waals surface area (Å²) in [4.78, 5) is 2.30. The number of benzene rings is 2. The van der Waals surface area contributed by atoms with Crippen LogP contribution in [0.1, 0.15) is 50.3 Å². The Kier molecular flexibility index (Phi) is 9.39. The molecule has 2 aromatic carbocycles. The SMILES string of the molecule is CCCC[C@H](O)CN(Cc1c(C)nn(-c2ccccc2)c1Oc1ccccc1OC)C[C@H]1CCCO1. The van der Waals surface area contributed by atoms with Crippen molar-refractivity contribution in [2.24, 2.45) is 0 Å². The van der Waals surface area contributed by atoms with E-state index in [1.807, 2.05) is 66.2 Å². The van der Waals surface area contributed by atoms with E-state index >= 15 is 0 Å². The number of nitrogens with zero attached hydrogens (tertiary/aromatic N) is 3. The van der Waals surface area contributed by atoms with Gasteiger partial charge in [0.25, 0.3) is 0 Å². The maximum atomic E-state index is 10.8. The second kappa shape index (κ2) is 12.9. The molecule has 3 aromatic rings. The minimum absolute atomic E-state index is 0.187. The predicted octanol–water partition coefficient (Wildman–Crippen LogP) is 5.51. The number of aliphatic hydroxyl groups excluding tert-OH is 1. The topological polar surface area (TPSA) is 69.0 Å². The zero-order chi connectivity index (χ0) is 25.3.